The van der Waals surface area contributed by atoms with Gasteiger partial charge in [0.25, 0.3) is 0 Å². The van der Waals surface area contributed by atoms with Crippen LogP contribution in [-0.4, -0.2) is 44.1 Å². The summed E-state index contributed by atoms with van der Waals surface area (Å²) in [5, 5.41) is 3.27. The van der Waals surface area contributed by atoms with Gasteiger partial charge in [0, 0.05) is 20.1 Å². The molecule has 1 aliphatic rings. The van der Waals surface area contributed by atoms with Crippen molar-refractivity contribution in [2.75, 3.05) is 33.3 Å². The number of nitrogens with one attached hydrogen (secondary N) is 1. The smallest absolute Gasteiger partial charge is 0.227 e. The Morgan fingerprint density at radius 2 is 2.10 bits per heavy atom. The fourth-order valence-corrected chi connectivity index (χ4v) is 2.54. The minimum atomic E-state index is 0.134. The third-order valence-corrected chi connectivity index (χ3v) is 3.86. The molecule has 1 saturated heterocycles. The second kappa shape index (κ2) is 7.29. The number of para-hydroxylation sites is 1. The average molecular weight is 276 g/mol. The van der Waals surface area contributed by atoms with Gasteiger partial charge in [-0.2, -0.15) is 0 Å². The summed E-state index contributed by atoms with van der Waals surface area (Å²) in [6.45, 7) is 5.27. The lowest BCUT2D eigenvalue weighted by molar-refractivity contribution is -0.134. The first-order chi connectivity index (χ1) is 9.68. The molecular weight excluding hydrogens is 252 g/mol. The third kappa shape index (κ3) is 3.97. The first-order valence-corrected chi connectivity index (χ1v) is 7.32. The molecule has 1 fully saturated rings. The Kier molecular flexibility index (Phi) is 5.41. The van der Waals surface area contributed by atoms with Gasteiger partial charge < -0.3 is 15.0 Å². The SMILES string of the molecule is CC1CNCC1C(=O)N(C)CCCOc1ccccc1. The Labute approximate surface area is 121 Å². The highest BCUT2D eigenvalue weighted by atomic mass is 16.5. The molecule has 1 heterocycles. The summed E-state index contributed by atoms with van der Waals surface area (Å²) in [5.41, 5.74) is 0. The minimum Gasteiger partial charge on any atom is -0.494 e. The summed E-state index contributed by atoms with van der Waals surface area (Å²) in [4.78, 5) is 14.1. The maximum absolute atomic E-state index is 12.3. The van der Waals surface area contributed by atoms with E-state index in [4.69, 9.17) is 4.74 Å². The maximum atomic E-state index is 12.3. The molecule has 1 aromatic rings. The molecule has 1 aromatic carbocycles. The van der Waals surface area contributed by atoms with Crippen LogP contribution in [0.4, 0.5) is 0 Å². The van der Waals surface area contributed by atoms with Gasteiger partial charge in [0.15, 0.2) is 0 Å². The molecule has 1 amide bonds. The van der Waals surface area contributed by atoms with E-state index in [1.54, 1.807) is 0 Å². The van der Waals surface area contributed by atoms with Crippen LogP contribution in [0, 0.1) is 11.8 Å². The second-order valence-corrected chi connectivity index (χ2v) is 5.52. The van der Waals surface area contributed by atoms with E-state index >= 15 is 0 Å². The molecule has 110 valence electrons. The number of carbonyl (C=O) groups is 1. The van der Waals surface area contributed by atoms with Crippen LogP contribution in [0.5, 0.6) is 5.75 Å². The number of rotatable bonds is 6. The Hall–Kier alpha value is -1.55. The van der Waals surface area contributed by atoms with E-state index in [0.717, 1.165) is 31.8 Å². The van der Waals surface area contributed by atoms with E-state index in [1.165, 1.54) is 0 Å². The van der Waals surface area contributed by atoms with Crippen molar-refractivity contribution < 1.29 is 9.53 Å². The lowest BCUT2D eigenvalue weighted by Crippen LogP contribution is -2.37. The summed E-state index contributed by atoms with van der Waals surface area (Å²) in [6, 6.07) is 9.77. The van der Waals surface area contributed by atoms with E-state index < -0.39 is 0 Å². The molecule has 0 aliphatic carbocycles. The van der Waals surface area contributed by atoms with Gasteiger partial charge in [0.2, 0.25) is 5.91 Å². The van der Waals surface area contributed by atoms with Crippen LogP contribution in [0.1, 0.15) is 13.3 Å². The number of hydrogen-bond acceptors (Lipinski definition) is 3. The van der Waals surface area contributed by atoms with Crippen molar-refractivity contribution in [2.24, 2.45) is 11.8 Å². The third-order valence-electron chi connectivity index (χ3n) is 3.86. The molecule has 1 aliphatic heterocycles. The molecule has 0 bridgehead atoms. The Bertz CT molecular complexity index is 422. The number of nitrogens with zero attached hydrogens (tertiary/aromatic N) is 1. The number of ether oxygens (including phenoxy) is 1. The molecule has 20 heavy (non-hydrogen) atoms. The first kappa shape index (κ1) is 14.9. The zero-order valence-corrected chi connectivity index (χ0v) is 12.3. The normalized spacial score (nSPS) is 21.7. The summed E-state index contributed by atoms with van der Waals surface area (Å²) in [7, 11) is 1.88. The van der Waals surface area contributed by atoms with E-state index in [-0.39, 0.29) is 11.8 Å². The van der Waals surface area contributed by atoms with Crippen LogP contribution in [0.3, 0.4) is 0 Å². The quantitative estimate of drug-likeness (QED) is 0.805. The molecule has 0 aromatic heterocycles. The Morgan fingerprint density at radius 3 is 2.75 bits per heavy atom. The van der Waals surface area contributed by atoms with Crippen molar-refractivity contribution in [1.29, 1.82) is 0 Å². The van der Waals surface area contributed by atoms with Crippen LogP contribution < -0.4 is 10.1 Å². The van der Waals surface area contributed by atoms with E-state index in [9.17, 15) is 4.79 Å². The highest BCUT2D eigenvalue weighted by molar-refractivity contribution is 5.79. The highest BCUT2D eigenvalue weighted by Crippen LogP contribution is 2.18. The van der Waals surface area contributed by atoms with E-state index in [1.807, 2.05) is 42.3 Å². The number of amides is 1. The fraction of sp³-hybridized carbons (Fsp3) is 0.562. The lowest BCUT2D eigenvalue weighted by atomic mass is 9.97. The van der Waals surface area contributed by atoms with Gasteiger partial charge in [0.05, 0.1) is 12.5 Å². The second-order valence-electron chi connectivity index (χ2n) is 5.52. The number of hydrogen-bond donors (Lipinski definition) is 1. The van der Waals surface area contributed by atoms with E-state index in [2.05, 4.69) is 12.2 Å². The first-order valence-electron chi connectivity index (χ1n) is 7.32. The van der Waals surface area contributed by atoms with Crippen LogP contribution in [0.25, 0.3) is 0 Å². The summed E-state index contributed by atoms with van der Waals surface area (Å²) >= 11 is 0. The van der Waals surface area contributed by atoms with Gasteiger partial charge in [-0.1, -0.05) is 25.1 Å². The summed E-state index contributed by atoms with van der Waals surface area (Å²) < 4.78 is 5.63. The molecular formula is C16H24N2O2. The van der Waals surface area contributed by atoms with Gasteiger partial charge in [-0.05, 0) is 31.0 Å². The van der Waals surface area contributed by atoms with Crippen LogP contribution in [0.15, 0.2) is 30.3 Å². The molecule has 4 heteroatoms. The lowest BCUT2D eigenvalue weighted by Gasteiger charge is -2.22. The highest BCUT2D eigenvalue weighted by Gasteiger charge is 2.31. The summed E-state index contributed by atoms with van der Waals surface area (Å²) in [6.07, 6.45) is 0.853. The van der Waals surface area contributed by atoms with Crippen LogP contribution >= 0.6 is 0 Å². The number of benzene rings is 1. The van der Waals surface area contributed by atoms with Crippen molar-refractivity contribution in [3.8, 4) is 5.75 Å². The van der Waals surface area contributed by atoms with Crippen molar-refractivity contribution in [2.45, 2.75) is 13.3 Å². The van der Waals surface area contributed by atoms with Crippen molar-refractivity contribution >= 4 is 5.91 Å². The standard InChI is InChI=1S/C16H24N2O2/c1-13-11-17-12-15(13)16(19)18(2)9-6-10-20-14-7-4-3-5-8-14/h3-5,7-8,13,15,17H,6,9-12H2,1-2H3. The molecule has 0 spiro atoms. The maximum Gasteiger partial charge on any atom is 0.227 e. The molecule has 0 saturated carbocycles. The van der Waals surface area contributed by atoms with Gasteiger partial charge >= 0.3 is 0 Å². The molecule has 0 radical (unpaired) electrons. The van der Waals surface area contributed by atoms with Gasteiger partial charge in [-0.25, -0.2) is 0 Å². The Balaban J connectivity index is 1.67. The molecule has 2 rings (SSSR count). The van der Waals surface area contributed by atoms with Gasteiger partial charge in [-0.3, -0.25) is 4.79 Å². The average Bonchev–Trinajstić information content (AvgIpc) is 2.90. The van der Waals surface area contributed by atoms with Gasteiger partial charge in [-0.15, -0.1) is 0 Å². The zero-order valence-electron chi connectivity index (χ0n) is 12.3. The van der Waals surface area contributed by atoms with Crippen molar-refractivity contribution in [1.82, 2.24) is 10.2 Å². The molecule has 4 nitrogen and oxygen atoms in total. The predicted octanol–water partition coefficient (Wildman–Crippen LogP) is 1.77. The minimum absolute atomic E-state index is 0.134. The topological polar surface area (TPSA) is 41.6 Å². The predicted molar refractivity (Wildman–Crippen MR) is 79.7 cm³/mol. The van der Waals surface area contributed by atoms with Crippen molar-refractivity contribution in [3.05, 3.63) is 30.3 Å². The molecule has 1 N–H and O–H groups in total. The summed E-state index contributed by atoms with van der Waals surface area (Å²) in [5.74, 6) is 1.71. The van der Waals surface area contributed by atoms with Crippen LogP contribution in [0.2, 0.25) is 0 Å². The Morgan fingerprint density at radius 1 is 1.35 bits per heavy atom. The largest absolute Gasteiger partial charge is 0.494 e. The monoisotopic (exact) mass is 276 g/mol. The molecule has 2 unspecified atom stereocenters. The molecule has 2 atom stereocenters. The van der Waals surface area contributed by atoms with Gasteiger partial charge in [0.1, 0.15) is 5.75 Å². The van der Waals surface area contributed by atoms with Crippen molar-refractivity contribution in [3.63, 3.8) is 0 Å². The van der Waals surface area contributed by atoms with E-state index in [0.29, 0.717) is 12.5 Å². The number of carbonyl (C=O) groups excluding carboxylic acids is 1. The zero-order chi connectivity index (χ0) is 14.4. The fourth-order valence-electron chi connectivity index (χ4n) is 2.54. The van der Waals surface area contributed by atoms with Crippen LogP contribution in [-0.2, 0) is 4.79 Å².